The van der Waals surface area contributed by atoms with E-state index < -0.39 is 10.0 Å². The van der Waals surface area contributed by atoms with E-state index in [0.717, 1.165) is 25.7 Å². The van der Waals surface area contributed by atoms with E-state index in [-0.39, 0.29) is 5.25 Å². The maximum atomic E-state index is 11.8. The van der Waals surface area contributed by atoms with E-state index in [1.54, 1.807) is 7.05 Å². The number of hydrogen-bond donors (Lipinski definition) is 0. The first kappa shape index (κ1) is 11.5. The van der Waals surface area contributed by atoms with Crippen LogP contribution in [0.2, 0.25) is 0 Å². The minimum absolute atomic E-state index is 0.114. The molecule has 0 bridgehead atoms. The van der Waals surface area contributed by atoms with Crippen LogP contribution >= 0.6 is 15.9 Å². The molecule has 0 amide bonds. The van der Waals surface area contributed by atoms with E-state index in [2.05, 4.69) is 15.9 Å². The zero-order valence-electron chi connectivity index (χ0n) is 7.87. The zero-order valence-corrected chi connectivity index (χ0v) is 10.3. The second-order valence-electron chi connectivity index (χ2n) is 3.46. The van der Waals surface area contributed by atoms with E-state index in [1.165, 1.54) is 4.31 Å². The molecule has 0 heterocycles. The summed E-state index contributed by atoms with van der Waals surface area (Å²) in [5.41, 5.74) is 0. The highest BCUT2D eigenvalue weighted by Crippen LogP contribution is 2.26. The fourth-order valence-corrected chi connectivity index (χ4v) is 4.24. The predicted molar refractivity (Wildman–Crippen MR) is 57.6 cm³/mol. The summed E-state index contributed by atoms with van der Waals surface area (Å²) in [6.45, 7) is 0.568. The van der Waals surface area contributed by atoms with E-state index in [4.69, 9.17) is 0 Å². The summed E-state index contributed by atoms with van der Waals surface area (Å²) in [4.78, 5) is 0. The Hall–Kier alpha value is 0.390. The smallest absolute Gasteiger partial charge is 0.212 e. The third-order valence-corrected chi connectivity index (χ3v) is 5.28. The van der Waals surface area contributed by atoms with Crippen LogP contribution in [0.4, 0.5) is 0 Å². The number of sulfonamides is 1. The summed E-state index contributed by atoms with van der Waals surface area (Å²) in [7, 11) is -1.34. The fourth-order valence-electron chi connectivity index (χ4n) is 1.69. The first-order chi connectivity index (χ1) is 6.09. The van der Waals surface area contributed by atoms with Crippen LogP contribution in [-0.2, 0) is 10.0 Å². The van der Waals surface area contributed by atoms with Gasteiger partial charge in [0.15, 0.2) is 0 Å². The molecular weight excluding hydrogens is 254 g/mol. The molecular formula is C8H16BrNO2S. The molecule has 0 radical (unpaired) electrons. The van der Waals surface area contributed by atoms with E-state index >= 15 is 0 Å². The number of nitrogens with zero attached hydrogens (tertiary/aromatic N) is 1. The maximum absolute atomic E-state index is 11.8. The Morgan fingerprint density at radius 2 is 1.92 bits per heavy atom. The Balaban J connectivity index is 2.63. The Kier molecular flexibility index (Phi) is 4.19. The molecule has 1 aliphatic carbocycles. The average molecular weight is 270 g/mol. The molecule has 13 heavy (non-hydrogen) atoms. The molecule has 0 aromatic carbocycles. The minimum Gasteiger partial charge on any atom is -0.212 e. The highest BCUT2D eigenvalue weighted by Gasteiger charge is 2.31. The first-order valence-corrected chi connectivity index (χ1v) is 7.22. The third-order valence-electron chi connectivity index (χ3n) is 2.56. The summed E-state index contributed by atoms with van der Waals surface area (Å²) in [6.07, 6.45) is 3.81. The second-order valence-corrected chi connectivity index (χ2v) is 6.57. The summed E-state index contributed by atoms with van der Waals surface area (Å²) in [6, 6.07) is 0. The van der Waals surface area contributed by atoms with Crippen LogP contribution in [0, 0.1) is 0 Å². The van der Waals surface area contributed by atoms with E-state index in [0.29, 0.717) is 11.9 Å². The molecule has 78 valence electrons. The summed E-state index contributed by atoms with van der Waals surface area (Å²) in [5, 5.41) is 0.590. The van der Waals surface area contributed by atoms with Crippen molar-refractivity contribution < 1.29 is 8.42 Å². The number of halogens is 1. The quantitative estimate of drug-likeness (QED) is 0.727. The van der Waals surface area contributed by atoms with Gasteiger partial charge in [0, 0.05) is 18.9 Å². The Morgan fingerprint density at radius 3 is 2.38 bits per heavy atom. The average Bonchev–Trinajstić information content (AvgIpc) is 2.56. The van der Waals surface area contributed by atoms with Gasteiger partial charge in [0.25, 0.3) is 0 Å². The van der Waals surface area contributed by atoms with Crippen LogP contribution in [0.25, 0.3) is 0 Å². The molecule has 0 N–H and O–H groups in total. The largest absolute Gasteiger partial charge is 0.216 e. The van der Waals surface area contributed by atoms with Crippen molar-refractivity contribution >= 4 is 26.0 Å². The second kappa shape index (κ2) is 4.75. The Bertz CT molecular complexity index is 247. The van der Waals surface area contributed by atoms with E-state index in [1.807, 2.05) is 0 Å². The highest BCUT2D eigenvalue weighted by molar-refractivity contribution is 9.09. The lowest BCUT2D eigenvalue weighted by molar-refractivity contribution is 0.476. The lowest BCUT2D eigenvalue weighted by Crippen LogP contribution is -2.35. The van der Waals surface area contributed by atoms with Crippen molar-refractivity contribution in [2.24, 2.45) is 0 Å². The number of rotatable bonds is 4. The normalized spacial score (nSPS) is 19.9. The minimum atomic E-state index is -3.00. The molecule has 3 nitrogen and oxygen atoms in total. The molecule has 1 saturated carbocycles. The van der Waals surface area contributed by atoms with Gasteiger partial charge < -0.3 is 0 Å². The summed E-state index contributed by atoms with van der Waals surface area (Å²) < 4.78 is 25.1. The molecule has 0 aromatic rings. The van der Waals surface area contributed by atoms with Gasteiger partial charge in [-0.3, -0.25) is 0 Å². The molecule has 0 saturated heterocycles. The van der Waals surface area contributed by atoms with Crippen LogP contribution in [0.3, 0.4) is 0 Å². The van der Waals surface area contributed by atoms with Gasteiger partial charge in [-0.05, 0) is 12.8 Å². The maximum Gasteiger partial charge on any atom is 0.216 e. The molecule has 5 heteroatoms. The molecule has 1 fully saturated rings. The van der Waals surface area contributed by atoms with Crippen molar-refractivity contribution in [3.63, 3.8) is 0 Å². The van der Waals surface area contributed by atoms with Crippen LogP contribution < -0.4 is 0 Å². The van der Waals surface area contributed by atoms with E-state index in [9.17, 15) is 8.42 Å². The fraction of sp³-hybridized carbons (Fsp3) is 1.00. The molecule has 0 aliphatic heterocycles. The molecule has 0 atom stereocenters. The molecule has 0 aromatic heterocycles. The van der Waals surface area contributed by atoms with Gasteiger partial charge in [-0.15, -0.1) is 0 Å². The standard InChI is InChI=1S/C8H16BrNO2S/c1-10(7-6-9)13(11,12)8-4-2-3-5-8/h8H,2-7H2,1H3. The van der Waals surface area contributed by atoms with Gasteiger partial charge in [-0.1, -0.05) is 28.8 Å². The van der Waals surface area contributed by atoms with Gasteiger partial charge >= 0.3 is 0 Å². The molecule has 0 unspecified atom stereocenters. The van der Waals surface area contributed by atoms with Gasteiger partial charge in [-0.2, -0.15) is 0 Å². The zero-order chi connectivity index (χ0) is 9.90. The highest BCUT2D eigenvalue weighted by atomic mass is 79.9. The van der Waals surface area contributed by atoms with Crippen LogP contribution in [0.1, 0.15) is 25.7 Å². The van der Waals surface area contributed by atoms with Crippen molar-refractivity contribution in [2.75, 3.05) is 18.9 Å². The number of alkyl halides is 1. The van der Waals surface area contributed by atoms with Crippen LogP contribution in [-0.4, -0.2) is 36.9 Å². The number of hydrogen-bond acceptors (Lipinski definition) is 2. The third kappa shape index (κ3) is 2.67. The monoisotopic (exact) mass is 269 g/mol. The van der Waals surface area contributed by atoms with Crippen molar-refractivity contribution in [3.8, 4) is 0 Å². The Morgan fingerprint density at radius 1 is 1.38 bits per heavy atom. The van der Waals surface area contributed by atoms with Crippen molar-refractivity contribution in [3.05, 3.63) is 0 Å². The van der Waals surface area contributed by atoms with Gasteiger partial charge in [0.05, 0.1) is 5.25 Å². The molecule has 0 spiro atoms. The van der Waals surface area contributed by atoms with Gasteiger partial charge in [-0.25, -0.2) is 12.7 Å². The topological polar surface area (TPSA) is 37.4 Å². The first-order valence-electron chi connectivity index (χ1n) is 4.60. The Labute approximate surface area is 88.7 Å². The van der Waals surface area contributed by atoms with Crippen molar-refractivity contribution in [2.45, 2.75) is 30.9 Å². The van der Waals surface area contributed by atoms with Gasteiger partial charge in [0.1, 0.15) is 0 Å². The van der Waals surface area contributed by atoms with Crippen LogP contribution in [0.15, 0.2) is 0 Å². The predicted octanol–water partition coefficient (Wildman–Crippen LogP) is 1.59. The summed E-state index contributed by atoms with van der Waals surface area (Å²) in [5.74, 6) is 0. The van der Waals surface area contributed by atoms with Crippen molar-refractivity contribution in [1.82, 2.24) is 4.31 Å². The van der Waals surface area contributed by atoms with Crippen molar-refractivity contribution in [1.29, 1.82) is 0 Å². The lowest BCUT2D eigenvalue weighted by atomic mass is 10.4. The lowest BCUT2D eigenvalue weighted by Gasteiger charge is -2.20. The van der Waals surface area contributed by atoms with Crippen LogP contribution in [0.5, 0.6) is 0 Å². The molecule has 1 aliphatic rings. The summed E-state index contributed by atoms with van der Waals surface area (Å²) >= 11 is 3.24. The SMILES string of the molecule is CN(CCBr)S(=O)(=O)C1CCCC1. The van der Waals surface area contributed by atoms with Gasteiger partial charge in [0.2, 0.25) is 10.0 Å². The molecule has 1 rings (SSSR count).